The molecule has 0 fully saturated rings. The maximum atomic E-state index is 0. The van der Waals surface area contributed by atoms with Gasteiger partial charge in [0.2, 0.25) is 0 Å². The first-order valence-electron chi connectivity index (χ1n) is 0. The molecule has 0 aromatic heterocycles. The van der Waals surface area contributed by atoms with Gasteiger partial charge in [0.15, 0.2) is 0 Å². The summed E-state index contributed by atoms with van der Waals surface area (Å²) >= 11 is 0. The van der Waals surface area contributed by atoms with Crippen LogP contribution in [0.25, 0.3) is 0 Å². The van der Waals surface area contributed by atoms with E-state index in [1.807, 2.05) is 0 Å². The highest BCUT2D eigenvalue weighted by Gasteiger charge is 0.0000151. The van der Waals surface area contributed by atoms with Crippen LogP contribution in [0.3, 0.4) is 0 Å². The summed E-state index contributed by atoms with van der Waals surface area (Å²) in [6.07, 6.45) is 0. The normalized spacial score (nSPS) is 0. The third-order valence-electron chi connectivity index (χ3n) is 0. The van der Waals surface area contributed by atoms with Crippen molar-refractivity contribution in [1.29, 1.82) is 0 Å². The molecule has 0 unspecified atom stereocenters. The van der Waals surface area contributed by atoms with Gasteiger partial charge in [-0.15, -0.1) is 0 Å². The average Bonchev–Trinajstić information content (AvgIpc) is 0. The van der Waals surface area contributed by atoms with E-state index in [1.165, 1.54) is 0 Å². The molecule has 38 valence electrons. The Balaban J connectivity index is 0. The Morgan fingerprint density at radius 1 is 0.400 bits per heavy atom. The molecule has 0 rings (SSSR count). The van der Waals surface area contributed by atoms with Gasteiger partial charge < -0.3 is 0 Å². The summed E-state index contributed by atoms with van der Waals surface area (Å²) in [5.41, 5.74) is 0. The molecule has 0 aromatic rings. The van der Waals surface area contributed by atoms with Crippen molar-refractivity contribution in [1.82, 2.24) is 0 Å². The Bertz CT molecular complexity index is 3.61. The predicted molar refractivity (Wildman–Crippen MR) is 17.6 cm³/mol. The van der Waals surface area contributed by atoms with Crippen LogP contribution >= 0.6 is 13.5 Å². The molecular formula is H4F4S. The second-order valence-corrected chi connectivity index (χ2v) is 0. The highest BCUT2D eigenvalue weighted by Crippen LogP contribution is 0.648. The highest BCUT2D eigenvalue weighted by molar-refractivity contribution is 7.59. The molecule has 0 saturated heterocycles. The zero-order valence-electron chi connectivity index (χ0n) is 2.04. The number of rotatable bonds is 0. The van der Waals surface area contributed by atoms with Gasteiger partial charge >= 0.3 is 0 Å². The molecule has 0 N–H and O–H groups in total. The van der Waals surface area contributed by atoms with Crippen molar-refractivity contribution >= 4 is 13.5 Å². The van der Waals surface area contributed by atoms with Gasteiger partial charge in [0.25, 0.3) is 0 Å². The first kappa shape index (κ1) is 17100. The summed E-state index contributed by atoms with van der Waals surface area (Å²) < 4.78 is 0. The Kier molecular flexibility index (Phi) is 26800000. The van der Waals surface area contributed by atoms with Crippen molar-refractivity contribution in [3.05, 3.63) is 0 Å². The number of halogens is 4. The van der Waals surface area contributed by atoms with E-state index in [9.17, 15) is 0 Å². The van der Waals surface area contributed by atoms with E-state index in [4.69, 9.17) is 0 Å². The van der Waals surface area contributed by atoms with Gasteiger partial charge in [-0.1, -0.05) is 0 Å². The number of hydrogen-bond acceptors (Lipinski definition) is 0. The van der Waals surface area contributed by atoms with Crippen LogP contribution in [0.15, 0.2) is 0 Å². The Hall–Kier alpha value is 0.0700. The van der Waals surface area contributed by atoms with Crippen molar-refractivity contribution in [3.8, 4) is 0 Å². The predicted octanol–water partition coefficient (Wildman–Crippen LogP) is 1.26. The SMILES string of the molecule is F.F.F.F.[S]. The summed E-state index contributed by atoms with van der Waals surface area (Å²) in [5, 5.41) is 0. The zero-order chi connectivity index (χ0) is 0. The molecule has 0 aliphatic heterocycles. The highest BCUT2D eigenvalue weighted by atomic mass is 32.1. The van der Waals surface area contributed by atoms with Gasteiger partial charge in [-0.2, -0.15) is 0 Å². The Labute approximate surface area is 33.5 Å². The maximum absolute atomic E-state index is 0. The second kappa shape index (κ2) is 7830. The van der Waals surface area contributed by atoms with E-state index in [0.29, 0.717) is 0 Å². The lowest BCUT2D eigenvalue weighted by atomic mass is 19.0. The molecule has 0 aliphatic carbocycles. The zero-order valence-corrected chi connectivity index (χ0v) is 2.86. The number of hydrogen-bond donors (Lipinski definition) is 0. The topological polar surface area (TPSA) is 0 Å². The van der Waals surface area contributed by atoms with Crippen molar-refractivity contribution in [2.75, 3.05) is 0 Å². The van der Waals surface area contributed by atoms with Gasteiger partial charge in [0.1, 0.15) is 0 Å². The van der Waals surface area contributed by atoms with Gasteiger partial charge in [0.05, 0.1) is 0 Å². The van der Waals surface area contributed by atoms with Crippen LogP contribution in [-0.4, -0.2) is 0 Å². The third-order valence-corrected chi connectivity index (χ3v) is 0. The summed E-state index contributed by atoms with van der Waals surface area (Å²) in [7, 11) is 0. The summed E-state index contributed by atoms with van der Waals surface area (Å²) in [5.74, 6) is 0. The quantitative estimate of drug-likeness (QED) is 0.414. The molecule has 5 heavy (non-hydrogen) atoms. The largest absolute Gasteiger partial charge is 0.269 e. The minimum absolute atomic E-state index is 0. The lowest BCUT2D eigenvalue weighted by molar-refractivity contribution is 1.11. The Morgan fingerprint density at radius 3 is 0.400 bits per heavy atom. The van der Waals surface area contributed by atoms with E-state index in [1.54, 1.807) is 0 Å². The molecule has 0 aliphatic rings. The molecule has 0 spiro atoms. The maximum Gasteiger partial charge on any atom is 0 e. The first-order valence-corrected chi connectivity index (χ1v) is 0. The molecule has 5 heteroatoms. The molecular weight excluding hydrogens is 108 g/mol. The summed E-state index contributed by atoms with van der Waals surface area (Å²) in [4.78, 5) is 0. The smallest absolute Gasteiger partial charge is 0 e. The van der Waals surface area contributed by atoms with Crippen molar-refractivity contribution in [3.63, 3.8) is 0 Å². The van der Waals surface area contributed by atoms with Crippen molar-refractivity contribution < 1.29 is 18.8 Å². The van der Waals surface area contributed by atoms with Crippen LogP contribution < -0.4 is 0 Å². The molecule has 0 aromatic carbocycles. The molecule has 0 heterocycles. The molecule has 0 saturated carbocycles. The molecule has 2 radical (unpaired) electrons. The van der Waals surface area contributed by atoms with E-state index in [2.05, 4.69) is 0 Å². The van der Waals surface area contributed by atoms with Crippen LogP contribution in [0.5, 0.6) is 0 Å². The van der Waals surface area contributed by atoms with Crippen molar-refractivity contribution in [2.24, 2.45) is 0 Å². The van der Waals surface area contributed by atoms with Crippen LogP contribution in [0.2, 0.25) is 0 Å². The van der Waals surface area contributed by atoms with Crippen LogP contribution in [-0.2, 0) is 0 Å². The minimum Gasteiger partial charge on any atom is -0.269 e. The Morgan fingerprint density at radius 2 is 0.400 bits per heavy atom. The fourth-order valence-electron chi connectivity index (χ4n) is 0. The lowest BCUT2D eigenvalue weighted by Gasteiger charge is -0.270. The van der Waals surface area contributed by atoms with E-state index in [0.717, 1.165) is 0 Å². The van der Waals surface area contributed by atoms with Gasteiger partial charge in [0, 0.05) is 13.5 Å². The minimum atomic E-state index is 0. The van der Waals surface area contributed by atoms with Gasteiger partial charge in [-0.3, -0.25) is 18.8 Å². The van der Waals surface area contributed by atoms with Gasteiger partial charge in [-0.25, -0.2) is 0 Å². The van der Waals surface area contributed by atoms with E-state index >= 15 is 0 Å². The second-order valence-electron chi connectivity index (χ2n) is 0. The van der Waals surface area contributed by atoms with E-state index in [-0.39, 0.29) is 32.3 Å². The monoisotopic (exact) mass is 112 g/mol. The van der Waals surface area contributed by atoms with Crippen LogP contribution in [0, 0.1) is 0 Å². The fourth-order valence-corrected chi connectivity index (χ4v) is 0. The van der Waals surface area contributed by atoms with E-state index < -0.39 is 0 Å². The average molecular weight is 112 g/mol. The fraction of sp³-hybridized carbons (Fsp3) is 0. The molecule has 0 bridgehead atoms. The van der Waals surface area contributed by atoms with Gasteiger partial charge in [-0.05, 0) is 0 Å². The van der Waals surface area contributed by atoms with Crippen molar-refractivity contribution in [2.45, 2.75) is 0 Å². The molecule has 0 amide bonds. The molecule has 0 atom stereocenters. The van der Waals surface area contributed by atoms with Crippen LogP contribution in [0.1, 0.15) is 0 Å². The van der Waals surface area contributed by atoms with Crippen LogP contribution in [0.4, 0.5) is 18.8 Å². The standard InChI is InChI=1S/4FH.S/h4*1H;. The summed E-state index contributed by atoms with van der Waals surface area (Å²) in [6.45, 7) is 0. The third kappa shape index (κ3) is 3560. The summed E-state index contributed by atoms with van der Waals surface area (Å²) in [6, 6.07) is 0. The first-order chi connectivity index (χ1) is 0. The lowest BCUT2D eigenvalue weighted by Crippen LogP contribution is 0.419. The molecule has 0 nitrogen and oxygen atoms in total.